The number of nitrogens with one attached hydrogen (secondary N) is 2. The Hall–Kier alpha value is -2.75. The minimum atomic E-state index is -3.78. The van der Waals surface area contributed by atoms with Gasteiger partial charge in [0.2, 0.25) is 0 Å². The first-order valence-electron chi connectivity index (χ1n) is 10.1. The standard InChI is InChI=1S/C23H27N3O4S2/c1-26(2)16-18-12-13-19(30-18)17-31-15-14-24-23(27)21-10-6-7-11-22(21)25-32(28,29)20-8-4-3-5-9-20/h3-13,25H,14-17H2,1-2H3,(H,24,27). The molecule has 0 unspecified atom stereocenters. The van der Waals surface area contributed by atoms with E-state index >= 15 is 0 Å². The largest absolute Gasteiger partial charge is 0.464 e. The Labute approximate surface area is 193 Å². The second kappa shape index (κ2) is 11.2. The fourth-order valence-corrected chi connectivity index (χ4v) is 4.82. The molecule has 170 valence electrons. The van der Waals surface area contributed by atoms with Crippen molar-refractivity contribution in [1.82, 2.24) is 10.2 Å². The highest BCUT2D eigenvalue weighted by Crippen LogP contribution is 2.20. The number of nitrogens with zero attached hydrogens (tertiary/aromatic N) is 1. The molecule has 0 aliphatic heterocycles. The summed E-state index contributed by atoms with van der Waals surface area (Å²) in [5.41, 5.74) is 0.516. The van der Waals surface area contributed by atoms with Crippen molar-refractivity contribution in [3.05, 3.63) is 83.8 Å². The maximum Gasteiger partial charge on any atom is 0.261 e. The number of amides is 1. The normalized spacial score (nSPS) is 11.5. The summed E-state index contributed by atoms with van der Waals surface area (Å²) in [6.07, 6.45) is 0. The molecule has 32 heavy (non-hydrogen) atoms. The minimum Gasteiger partial charge on any atom is -0.464 e. The van der Waals surface area contributed by atoms with Crippen LogP contribution in [0.25, 0.3) is 0 Å². The molecule has 2 N–H and O–H groups in total. The van der Waals surface area contributed by atoms with E-state index in [0.717, 1.165) is 23.8 Å². The maximum absolute atomic E-state index is 12.6. The average Bonchev–Trinajstić information content (AvgIpc) is 3.20. The molecule has 0 radical (unpaired) electrons. The highest BCUT2D eigenvalue weighted by molar-refractivity contribution is 7.98. The molecule has 0 bridgehead atoms. The predicted molar refractivity (Wildman–Crippen MR) is 128 cm³/mol. The Morgan fingerprint density at radius 3 is 2.41 bits per heavy atom. The van der Waals surface area contributed by atoms with E-state index in [-0.39, 0.29) is 22.1 Å². The number of hydrogen-bond acceptors (Lipinski definition) is 6. The van der Waals surface area contributed by atoms with Crippen LogP contribution in [0.1, 0.15) is 21.9 Å². The predicted octanol–water partition coefficient (Wildman–Crippen LogP) is 3.81. The summed E-state index contributed by atoms with van der Waals surface area (Å²) in [7, 11) is 0.199. The van der Waals surface area contributed by atoms with E-state index in [9.17, 15) is 13.2 Å². The zero-order valence-corrected chi connectivity index (χ0v) is 19.7. The first-order valence-corrected chi connectivity index (χ1v) is 12.7. The highest BCUT2D eigenvalue weighted by Gasteiger charge is 2.18. The zero-order chi connectivity index (χ0) is 23.0. The smallest absolute Gasteiger partial charge is 0.261 e. The number of anilines is 1. The topological polar surface area (TPSA) is 91.7 Å². The molecule has 0 saturated carbocycles. The molecule has 0 aliphatic rings. The highest BCUT2D eigenvalue weighted by atomic mass is 32.2. The van der Waals surface area contributed by atoms with Crippen LogP contribution >= 0.6 is 11.8 Å². The Kier molecular flexibility index (Phi) is 8.38. The lowest BCUT2D eigenvalue weighted by molar-refractivity contribution is 0.0957. The minimum absolute atomic E-state index is 0.137. The Balaban J connectivity index is 1.51. The molecule has 1 aromatic heterocycles. The van der Waals surface area contributed by atoms with Crippen LogP contribution in [0, 0.1) is 0 Å². The Bertz CT molecular complexity index is 1130. The molecule has 2 aromatic carbocycles. The fourth-order valence-electron chi connectivity index (χ4n) is 2.97. The van der Waals surface area contributed by atoms with Crippen LogP contribution in [0.15, 0.2) is 76.0 Å². The molecular weight excluding hydrogens is 446 g/mol. The van der Waals surface area contributed by atoms with Gasteiger partial charge in [0, 0.05) is 12.3 Å². The molecule has 7 nitrogen and oxygen atoms in total. The van der Waals surface area contributed by atoms with E-state index in [1.165, 1.54) is 12.1 Å². The number of thioether (sulfide) groups is 1. The number of carbonyl (C=O) groups excluding carboxylic acids is 1. The van der Waals surface area contributed by atoms with Gasteiger partial charge in [0.05, 0.1) is 28.4 Å². The number of rotatable bonds is 11. The SMILES string of the molecule is CN(C)Cc1ccc(CSCCNC(=O)c2ccccc2NS(=O)(=O)c2ccccc2)o1. The molecular formula is C23H27N3O4S2. The van der Waals surface area contributed by atoms with Crippen molar-refractivity contribution in [1.29, 1.82) is 0 Å². The quantitative estimate of drug-likeness (QED) is 0.412. The van der Waals surface area contributed by atoms with Crippen molar-refractivity contribution in [2.24, 2.45) is 0 Å². The van der Waals surface area contributed by atoms with Crippen LogP contribution in [-0.2, 0) is 22.3 Å². The molecule has 1 heterocycles. The van der Waals surface area contributed by atoms with Crippen LogP contribution in [-0.4, -0.2) is 45.6 Å². The molecule has 0 spiro atoms. The van der Waals surface area contributed by atoms with Gasteiger partial charge in [-0.2, -0.15) is 11.8 Å². The van der Waals surface area contributed by atoms with Crippen LogP contribution in [0.2, 0.25) is 0 Å². The first kappa shape index (κ1) is 23.9. The van der Waals surface area contributed by atoms with Gasteiger partial charge in [0.15, 0.2) is 0 Å². The van der Waals surface area contributed by atoms with Gasteiger partial charge < -0.3 is 14.6 Å². The summed E-state index contributed by atoms with van der Waals surface area (Å²) in [4.78, 5) is 14.8. The third-order valence-corrected chi connectivity index (χ3v) is 6.80. The molecule has 0 atom stereocenters. The van der Waals surface area contributed by atoms with Gasteiger partial charge in [-0.05, 0) is 50.5 Å². The maximum atomic E-state index is 12.6. The third-order valence-electron chi connectivity index (χ3n) is 4.44. The summed E-state index contributed by atoms with van der Waals surface area (Å²) >= 11 is 1.65. The van der Waals surface area contributed by atoms with E-state index in [4.69, 9.17) is 4.42 Å². The molecule has 9 heteroatoms. The van der Waals surface area contributed by atoms with E-state index in [2.05, 4.69) is 10.0 Å². The van der Waals surface area contributed by atoms with Crippen LogP contribution in [0.5, 0.6) is 0 Å². The molecule has 3 rings (SSSR count). The van der Waals surface area contributed by atoms with Crippen molar-refractivity contribution >= 4 is 33.4 Å². The van der Waals surface area contributed by atoms with Crippen molar-refractivity contribution < 1.29 is 17.6 Å². The molecule has 0 fully saturated rings. The second-order valence-electron chi connectivity index (χ2n) is 7.38. The van der Waals surface area contributed by atoms with Gasteiger partial charge in [-0.15, -0.1) is 0 Å². The van der Waals surface area contributed by atoms with E-state index < -0.39 is 10.0 Å². The van der Waals surface area contributed by atoms with E-state index in [1.807, 2.05) is 31.1 Å². The van der Waals surface area contributed by atoms with Crippen molar-refractivity contribution in [3.63, 3.8) is 0 Å². The number of hydrogen-bond donors (Lipinski definition) is 2. The third kappa shape index (κ3) is 6.88. The van der Waals surface area contributed by atoms with Gasteiger partial charge in [-0.3, -0.25) is 9.52 Å². The number of para-hydroxylation sites is 1. The number of benzene rings is 2. The molecule has 0 saturated heterocycles. The number of carbonyl (C=O) groups is 1. The molecule has 1 amide bonds. The van der Waals surface area contributed by atoms with Gasteiger partial charge >= 0.3 is 0 Å². The van der Waals surface area contributed by atoms with E-state index in [1.54, 1.807) is 54.2 Å². The van der Waals surface area contributed by atoms with E-state index in [0.29, 0.717) is 12.3 Å². The number of furan rings is 1. The fraction of sp³-hybridized carbons (Fsp3) is 0.261. The first-order chi connectivity index (χ1) is 15.3. The Morgan fingerprint density at radius 2 is 1.66 bits per heavy atom. The lowest BCUT2D eigenvalue weighted by Gasteiger charge is -2.12. The van der Waals surface area contributed by atoms with Gasteiger partial charge in [-0.25, -0.2) is 8.42 Å². The lowest BCUT2D eigenvalue weighted by Crippen LogP contribution is -2.27. The second-order valence-corrected chi connectivity index (χ2v) is 10.2. The van der Waals surface area contributed by atoms with Gasteiger partial charge in [-0.1, -0.05) is 30.3 Å². The summed E-state index contributed by atoms with van der Waals surface area (Å²) in [5, 5.41) is 2.85. The monoisotopic (exact) mass is 473 g/mol. The van der Waals surface area contributed by atoms with Crippen molar-refractivity contribution in [2.75, 3.05) is 31.1 Å². The van der Waals surface area contributed by atoms with Crippen molar-refractivity contribution in [2.45, 2.75) is 17.2 Å². The summed E-state index contributed by atoms with van der Waals surface area (Å²) in [5.74, 6) is 2.92. The zero-order valence-electron chi connectivity index (χ0n) is 18.1. The van der Waals surface area contributed by atoms with Crippen molar-refractivity contribution in [3.8, 4) is 0 Å². The summed E-state index contributed by atoms with van der Waals surface area (Å²) < 4.78 is 33.5. The summed E-state index contributed by atoms with van der Waals surface area (Å²) in [6.45, 7) is 1.21. The van der Waals surface area contributed by atoms with Crippen LogP contribution in [0.3, 0.4) is 0 Å². The van der Waals surface area contributed by atoms with Gasteiger partial charge in [0.1, 0.15) is 11.5 Å². The average molecular weight is 474 g/mol. The van der Waals surface area contributed by atoms with Crippen LogP contribution < -0.4 is 10.0 Å². The number of sulfonamides is 1. The Morgan fingerprint density at radius 1 is 0.969 bits per heavy atom. The molecule has 0 aliphatic carbocycles. The molecule has 3 aromatic rings. The summed E-state index contributed by atoms with van der Waals surface area (Å²) in [6, 6.07) is 18.6. The lowest BCUT2D eigenvalue weighted by atomic mass is 10.2. The van der Waals surface area contributed by atoms with Gasteiger partial charge in [0.25, 0.3) is 15.9 Å². The van der Waals surface area contributed by atoms with Crippen LogP contribution in [0.4, 0.5) is 5.69 Å².